The third-order valence-electron chi connectivity index (χ3n) is 4.63. The molecule has 0 bridgehead atoms. The molecular formula is C16H22N4O3S. The van der Waals surface area contributed by atoms with E-state index in [2.05, 4.69) is 20.0 Å². The van der Waals surface area contributed by atoms with Gasteiger partial charge in [0.15, 0.2) is 5.82 Å². The van der Waals surface area contributed by atoms with E-state index in [-0.39, 0.29) is 6.10 Å². The van der Waals surface area contributed by atoms with Crippen LogP contribution in [0.5, 0.6) is 5.19 Å². The van der Waals surface area contributed by atoms with Gasteiger partial charge in [0.25, 0.3) is 5.19 Å². The lowest BCUT2D eigenvalue weighted by molar-refractivity contribution is 0.0778. The summed E-state index contributed by atoms with van der Waals surface area (Å²) >= 11 is 1.55. The molecule has 130 valence electrons. The van der Waals surface area contributed by atoms with Crippen LogP contribution in [0.1, 0.15) is 43.3 Å². The second-order valence-electron chi connectivity index (χ2n) is 6.33. The van der Waals surface area contributed by atoms with Crippen molar-refractivity contribution < 1.29 is 14.0 Å². The Kier molecular flexibility index (Phi) is 5.05. The fourth-order valence-electron chi connectivity index (χ4n) is 3.24. The number of thiazole rings is 1. The van der Waals surface area contributed by atoms with Crippen LogP contribution in [0.2, 0.25) is 0 Å². The van der Waals surface area contributed by atoms with Gasteiger partial charge in [-0.25, -0.2) is 4.98 Å². The van der Waals surface area contributed by atoms with Crippen LogP contribution < -0.4 is 4.74 Å². The molecule has 8 heteroatoms. The molecule has 0 aliphatic carbocycles. The number of hydrogen-bond acceptors (Lipinski definition) is 8. The molecule has 0 N–H and O–H groups in total. The lowest BCUT2D eigenvalue weighted by Crippen LogP contribution is -2.38. The molecule has 0 amide bonds. The van der Waals surface area contributed by atoms with E-state index in [1.54, 1.807) is 17.5 Å². The van der Waals surface area contributed by atoms with Gasteiger partial charge in [0.1, 0.15) is 6.10 Å². The number of aromatic nitrogens is 3. The summed E-state index contributed by atoms with van der Waals surface area (Å²) < 4.78 is 16.7. The summed E-state index contributed by atoms with van der Waals surface area (Å²) in [6.45, 7) is 4.29. The van der Waals surface area contributed by atoms with Crippen molar-refractivity contribution in [3.05, 3.63) is 23.3 Å². The van der Waals surface area contributed by atoms with Crippen LogP contribution in [0.25, 0.3) is 0 Å². The van der Waals surface area contributed by atoms with Crippen molar-refractivity contribution in [1.82, 2.24) is 20.0 Å². The Morgan fingerprint density at radius 3 is 2.79 bits per heavy atom. The lowest BCUT2D eigenvalue weighted by atomic mass is 10.0. The number of ether oxygens (including phenoxy) is 2. The average molecular weight is 350 g/mol. The third kappa shape index (κ3) is 3.93. The maximum absolute atomic E-state index is 5.90. The molecule has 7 nitrogen and oxygen atoms in total. The van der Waals surface area contributed by atoms with Crippen LogP contribution in [0.15, 0.2) is 16.1 Å². The molecular weight excluding hydrogens is 328 g/mol. The topological polar surface area (TPSA) is 73.5 Å². The number of nitrogens with zero attached hydrogens (tertiary/aromatic N) is 4. The molecule has 0 atom stereocenters. The van der Waals surface area contributed by atoms with Crippen molar-refractivity contribution in [1.29, 1.82) is 0 Å². The first-order valence-electron chi connectivity index (χ1n) is 8.55. The van der Waals surface area contributed by atoms with Gasteiger partial charge in [-0.05, 0) is 25.7 Å². The van der Waals surface area contributed by atoms with Gasteiger partial charge >= 0.3 is 0 Å². The second-order valence-corrected chi connectivity index (χ2v) is 7.18. The molecule has 0 spiro atoms. The highest BCUT2D eigenvalue weighted by atomic mass is 32.1. The first-order valence-corrected chi connectivity index (χ1v) is 9.43. The molecule has 0 saturated carbocycles. The molecule has 4 heterocycles. The summed E-state index contributed by atoms with van der Waals surface area (Å²) in [5.41, 5.74) is 0. The van der Waals surface area contributed by atoms with Gasteiger partial charge < -0.3 is 14.0 Å². The molecule has 2 saturated heterocycles. The van der Waals surface area contributed by atoms with E-state index in [4.69, 9.17) is 14.0 Å². The molecule has 2 aromatic rings. The average Bonchev–Trinajstić information content (AvgIpc) is 3.29. The minimum absolute atomic E-state index is 0.260. The van der Waals surface area contributed by atoms with Crippen molar-refractivity contribution in [2.24, 2.45) is 0 Å². The van der Waals surface area contributed by atoms with E-state index in [0.717, 1.165) is 75.4 Å². The summed E-state index contributed by atoms with van der Waals surface area (Å²) in [5, 5.41) is 6.87. The molecule has 2 aliphatic heterocycles. The zero-order valence-electron chi connectivity index (χ0n) is 13.6. The number of rotatable bonds is 5. The second kappa shape index (κ2) is 7.58. The highest BCUT2D eigenvalue weighted by Crippen LogP contribution is 2.26. The maximum atomic E-state index is 5.90. The van der Waals surface area contributed by atoms with Gasteiger partial charge in [-0.2, -0.15) is 4.98 Å². The predicted octanol–water partition coefficient (Wildman–Crippen LogP) is 2.46. The Labute approximate surface area is 145 Å². The summed E-state index contributed by atoms with van der Waals surface area (Å²) in [4.78, 5) is 11.1. The monoisotopic (exact) mass is 350 g/mol. The van der Waals surface area contributed by atoms with Crippen LogP contribution in [0.4, 0.5) is 0 Å². The van der Waals surface area contributed by atoms with Gasteiger partial charge in [-0.3, -0.25) is 4.90 Å². The molecule has 0 unspecified atom stereocenters. The van der Waals surface area contributed by atoms with Crippen LogP contribution in [0.3, 0.4) is 0 Å². The zero-order chi connectivity index (χ0) is 16.2. The quantitative estimate of drug-likeness (QED) is 0.820. The van der Waals surface area contributed by atoms with Gasteiger partial charge in [0.05, 0.1) is 6.54 Å². The first-order chi connectivity index (χ1) is 11.9. The van der Waals surface area contributed by atoms with Gasteiger partial charge in [-0.1, -0.05) is 16.5 Å². The van der Waals surface area contributed by atoms with Gasteiger partial charge in [0.2, 0.25) is 5.89 Å². The van der Waals surface area contributed by atoms with E-state index in [1.165, 1.54) is 0 Å². The summed E-state index contributed by atoms with van der Waals surface area (Å²) in [6, 6.07) is 0. The Bertz CT molecular complexity index is 619. The van der Waals surface area contributed by atoms with Crippen molar-refractivity contribution >= 4 is 11.3 Å². The summed E-state index contributed by atoms with van der Waals surface area (Å²) in [6.07, 6.45) is 5.99. The van der Waals surface area contributed by atoms with E-state index in [0.29, 0.717) is 5.92 Å². The zero-order valence-corrected chi connectivity index (χ0v) is 14.4. The number of likely N-dealkylation sites (tertiary alicyclic amines) is 1. The highest BCUT2D eigenvalue weighted by Gasteiger charge is 2.25. The Morgan fingerprint density at radius 1 is 1.21 bits per heavy atom. The van der Waals surface area contributed by atoms with Crippen molar-refractivity contribution in [3.8, 4) is 5.19 Å². The predicted molar refractivity (Wildman–Crippen MR) is 88.1 cm³/mol. The molecule has 0 radical (unpaired) electrons. The van der Waals surface area contributed by atoms with E-state index in [1.807, 2.05) is 5.38 Å². The van der Waals surface area contributed by atoms with E-state index < -0.39 is 0 Å². The van der Waals surface area contributed by atoms with Crippen LogP contribution in [-0.4, -0.2) is 52.4 Å². The standard InChI is InChI=1S/C16H22N4O3S/c1-6-20(7-2-13(1)22-16-17-5-10-24-16)11-14-18-15(23-19-14)12-3-8-21-9-4-12/h5,10,12-13H,1-4,6-9,11H2. The first kappa shape index (κ1) is 16.0. The number of piperidine rings is 1. The Morgan fingerprint density at radius 2 is 2.04 bits per heavy atom. The molecule has 2 aliphatic rings. The van der Waals surface area contributed by atoms with Gasteiger partial charge in [0, 0.05) is 43.8 Å². The summed E-state index contributed by atoms with van der Waals surface area (Å²) in [7, 11) is 0. The van der Waals surface area contributed by atoms with Crippen LogP contribution in [0, 0.1) is 0 Å². The fourth-order valence-corrected chi connectivity index (χ4v) is 3.79. The van der Waals surface area contributed by atoms with Crippen molar-refractivity contribution in [2.45, 2.75) is 44.2 Å². The lowest BCUT2D eigenvalue weighted by Gasteiger charge is -2.30. The van der Waals surface area contributed by atoms with Crippen LogP contribution >= 0.6 is 11.3 Å². The van der Waals surface area contributed by atoms with Crippen LogP contribution in [-0.2, 0) is 11.3 Å². The molecule has 24 heavy (non-hydrogen) atoms. The summed E-state index contributed by atoms with van der Waals surface area (Å²) in [5.74, 6) is 1.92. The molecule has 2 aromatic heterocycles. The Balaban J connectivity index is 1.25. The highest BCUT2D eigenvalue weighted by molar-refractivity contribution is 7.11. The minimum atomic E-state index is 0.260. The van der Waals surface area contributed by atoms with Crippen molar-refractivity contribution in [2.75, 3.05) is 26.3 Å². The Hall–Kier alpha value is -1.51. The smallest absolute Gasteiger partial charge is 0.273 e. The van der Waals surface area contributed by atoms with Gasteiger partial charge in [-0.15, -0.1) is 0 Å². The normalized spacial score (nSPS) is 21.2. The maximum Gasteiger partial charge on any atom is 0.273 e. The molecule has 0 aromatic carbocycles. The molecule has 4 rings (SSSR count). The van der Waals surface area contributed by atoms with E-state index in [9.17, 15) is 0 Å². The largest absolute Gasteiger partial charge is 0.467 e. The fraction of sp³-hybridized carbons (Fsp3) is 0.688. The number of hydrogen-bond donors (Lipinski definition) is 0. The minimum Gasteiger partial charge on any atom is -0.467 e. The SMILES string of the molecule is c1csc(OC2CCN(Cc3noc(C4CCOCC4)n3)CC2)n1. The van der Waals surface area contributed by atoms with Crippen molar-refractivity contribution in [3.63, 3.8) is 0 Å². The van der Waals surface area contributed by atoms with E-state index >= 15 is 0 Å². The third-order valence-corrected chi connectivity index (χ3v) is 5.29. The molecule has 2 fully saturated rings.